The molecule has 0 aliphatic heterocycles. The lowest BCUT2D eigenvalue weighted by Crippen LogP contribution is -1.95. The van der Waals surface area contributed by atoms with E-state index in [4.69, 9.17) is 4.99 Å². The van der Waals surface area contributed by atoms with Crippen LogP contribution in [0.5, 0.6) is 0 Å². The molecule has 0 saturated carbocycles. The largest absolute Gasteiger partial charge is 0.241 e. The van der Waals surface area contributed by atoms with Crippen molar-refractivity contribution in [2.75, 3.05) is 5.75 Å². The molecule has 2 heteroatoms. The number of benzene rings is 2. The Balaban J connectivity index is 2.33. The summed E-state index contributed by atoms with van der Waals surface area (Å²) in [6.45, 7) is 2.15. The predicted octanol–water partition coefficient (Wildman–Crippen LogP) is 4.52. The Morgan fingerprint density at radius 3 is 2.12 bits per heavy atom. The van der Waals surface area contributed by atoms with Crippen molar-refractivity contribution in [3.63, 3.8) is 0 Å². The summed E-state index contributed by atoms with van der Waals surface area (Å²) in [6.07, 6.45) is 0. The molecule has 2 aromatic rings. The molecule has 0 fully saturated rings. The van der Waals surface area contributed by atoms with Gasteiger partial charge in [-0.05, 0) is 17.9 Å². The number of hydrogen-bond donors (Lipinski definition) is 0. The first-order valence-electron chi connectivity index (χ1n) is 5.72. The monoisotopic (exact) mass is 241 g/mol. The Hall–Kier alpha value is -1.54. The number of hydrogen-bond acceptors (Lipinski definition) is 2. The lowest BCUT2D eigenvalue weighted by Gasteiger charge is -2.04. The van der Waals surface area contributed by atoms with Gasteiger partial charge in [0.05, 0.1) is 5.69 Å². The zero-order valence-corrected chi connectivity index (χ0v) is 10.7. The Kier molecular flexibility index (Phi) is 4.39. The highest BCUT2D eigenvalue weighted by Gasteiger charge is 2.02. The number of rotatable bonds is 3. The fourth-order valence-electron chi connectivity index (χ4n) is 1.52. The molecule has 2 rings (SSSR count). The Labute approximate surface area is 107 Å². The number of para-hydroxylation sites is 1. The van der Waals surface area contributed by atoms with Crippen LogP contribution in [-0.2, 0) is 0 Å². The first-order chi connectivity index (χ1) is 8.40. The third kappa shape index (κ3) is 3.46. The number of nitrogens with zero attached hydrogens (tertiary/aromatic N) is 1. The molecule has 0 aliphatic rings. The predicted molar refractivity (Wildman–Crippen MR) is 77.2 cm³/mol. The molecular formula is C15H15NS. The fraction of sp³-hybridized carbons (Fsp3) is 0.133. The van der Waals surface area contributed by atoms with Crippen molar-refractivity contribution in [3.8, 4) is 0 Å². The molecule has 86 valence electrons. The Morgan fingerprint density at radius 1 is 0.941 bits per heavy atom. The molecule has 0 atom stereocenters. The Bertz CT molecular complexity index is 477. The zero-order valence-electron chi connectivity index (χ0n) is 9.84. The van der Waals surface area contributed by atoms with Crippen LogP contribution < -0.4 is 0 Å². The van der Waals surface area contributed by atoms with Gasteiger partial charge in [-0.25, -0.2) is 4.99 Å². The molecule has 0 radical (unpaired) electrons. The minimum atomic E-state index is 1.01. The molecule has 0 aliphatic carbocycles. The van der Waals surface area contributed by atoms with Gasteiger partial charge in [0.25, 0.3) is 0 Å². The van der Waals surface area contributed by atoms with Gasteiger partial charge in [0.1, 0.15) is 5.04 Å². The van der Waals surface area contributed by atoms with Crippen molar-refractivity contribution in [1.82, 2.24) is 0 Å². The van der Waals surface area contributed by atoms with E-state index in [2.05, 4.69) is 19.1 Å². The first kappa shape index (κ1) is 11.9. The molecule has 17 heavy (non-hydrogen) atoms. The van der Waals surface area contributed by atoms with E-state index in [1.807, 2.05) is 48.5 Å². The Morgan fingerprint density at radius 2 is 1.53 bits per heavy atom. The third-order valence-electron chi connectivity index (χ3n) is 2.29. The summed E-state index contributed by atoms with van der Waals surface area (Å²) in [4.78, 5) is 4.70. The van der Waals surface area contributed by atoms with Crippen molar-refractivity contribution in [2.45, 2.75) is 6.92 Å². The minimum Gasteiger partial charge on any atom is -0.241 e. The first-order valence-corrected chi connectivity index (χ1v) is 6.70. The lowest BCUT2D eigenvalue weighted by atomic mass is 10.2. The summed E-state index contributed by atoms with van der Waals surface area (Å²) in [5.41, 5.74) is 2.19. The van der Waals surface area contributed by atoms with Gasteiger partial charge in [-0.3, -0.25) is 0 Å². The van der Waals surface area contributed by atoms with Gasteiger partial charge in [-0.2, -0.15) is 0 Å². The van der Waals surface area contributed by atoms with Crippen LogP contribution in [0.4, 0.5) is 5.69 Å². The third-order valence-corrected chi connectivity index (χ3v) is 3.18. The van der Waals surface area contributed by atoms with E-state index in [9.17, 15) is 0 Å². The quantitative estimate of drug-likeness (QED) is 0.568. The maximum absolute atomic E-state index is 4.70. The topological polar surface area (TPSA) is 12.4 Å². The summed E-state index contributed by atoms with van der Waals surface area (Å²) in [7, 11) is 0. The van der Waals surface area contributed by atoms with Gasteiger partial charge in [0, 0.05) is 5.56 Å². The minimum absolute atomic E-state index is 1.01. The van der Waals surface area contributed by atoms with E-state index in [0.29, 0.717) is 0 Å². The molecule has 0 unspecified atom stereocenters. The summed E-state index contributed by atoms with van der Waals surface area (Å²) in [5.74, 6) is 1.03. The van der Waals surface area contributed by atoms with E-state index < -0.39 is 0 Å². The van der Waals surface area contributed by atoms with Gasteiger partial charge in [0.2, 0.25) is 0 Å². The highest BCUT2D eigenvalue weighted by atomic mass is 32.2. The van der Waals surface area contributed by atoms with E-state index in [1.165, 1.54) is 5.56 Å². The molecule has 0 bridgehead atoms. The zero-order chi connectivity index (χ0) is 11.9. The van der Waals surface area contributed by atoms with Crippen molar-refractivity contribution in [2.24, 2.45) is 4.99 Å². The van der Waals surface area contributed by atoms with Gasteiger partial charge in [-0.1, -0.05) is 55.5 Å². The smallest absolute Gasteiger partial charge is 0.104 e. The number of aliphatic imine (C=N–C) groups is 1. The normalized spacial score (nSPS) is 11.5. The van der Waals surface area contributed by atoms with Crippen LogP contribution in [0.2, 0.25) is 0 Å². The van der Waals surface area contributed by atoms with Crippen molar-refractivity contribution < 1.29 is 0 Å². The summed E-state index contributed by atoms with van der Waals surface area (Å²) >= 11 is 1.77. The molecule has 0 N–H and O–H groups in total. The van der Waals surface area contributed by atoms with Crippen molar-refractivity contribution >= 4 is 22.5 Å². The fourth-order valence-corrected chi connectivity index (χ4v) is 2.26. The van der Waals surface area contributed by atoms with Gasteiger partial charge in [-0.15, -0.1) is 11.8 Å². The van der Waals surface area contributed by atoms with Gasteiger partial charge in [0.15, 0.2) is 0 Å². The van der Waals surface area contributed by atoms with E-state index in [0.717, 1.165) is 16.5 Å². The maximum atomic E-state index is 4.70. The van der Waals surface area contributed by atoms with Crippen molar-refractivity contribution in [3.05, 3.63) is 66.2 Å². The second-order valence-corrected chi connectivity index (χ2v) is 4.80. The van der Waals surface area contributed by atoms with E-state index in [1.54, 1.807) is 11.8 Å². The summed E-state index contributed by atoms with van der Waals surface area (Å²) in [6, 6.07) is 20.4. The maximum Gasteiger partial charge on any atom is 0.104 e. The second-order valence-electron chi connectivity index (χ2n) is 3.55. The number of thioether (sulfide) groups is 1. The van der Waals surface area contributed by atoms with Gasteiger partial charge >= 0.3 is 0 Å². The highest BCUT2D eigenvalue weighted by Crippen LogP contribution is 2.19. The lowest BCUT2D eigenvalue weighted by molar-refractivity contribution is 1.51. The van der Waals surface area contributed by atoms with E-state index in [-0.39, 0.29) is 0 Å². The summed E-state index contributed by atoms with van der Waals surface area (Å²) < 4.78 is 0. The summed E-state index contributed by atoms with van der Waals surface area (Å²) in [5, 5.41) is 1.08. The van der Waals surface area contributed by atoms with Crippen LogP contribution in [0.3, 0.4) is 0 Å². The van der Waals surface area contributed by atoms with Gasteiger partial charge < -0.3 is 0 Å². The van der Waals surface area contributed by atoms with Crippen LogP contribution >= 0.6 is 11.8 Å². The second kappa shape index (κ2) is 6.26. The van der Waals surface area contributed by atoms with Crippen LogP contribution in [-0.4, -0.2) is 10.8 Å². The average molecular weight is 241 g/mol. The standard InChI is InChI=1S/C15H15NS/c1-2-17-15(13-9-5-3-6-10-13)16-14-11-7-4-8-12-14/h3-12H,2H2,1H3. The average Bonchev–Trinajstić information content (AvgIpc) is 2.40. The van der Waals surface area contributed by atoms with Crippen molar-refractivity contribution in [1.29, 1.82) is 0 Å². The van der Waals surface area contributed by atoms with Crippen LogP contribution in [0.1, 0.15) is 12.5 Å². The van der Waals surface area contributed by atoms with E-state index >= 15 is 0 Å². The van der Waals surface area contributed by atoms with Crippen LogP contribution in [0.25, 0.3) is 0 Å². The molecule has 0 heterocycles. The van der Waals surface area contributed by atoms with Crippen LogP contribution in [0, 0.1) is 0 Å². The molecule has 0 amide bonds. The SMILES string of the molecule is CCSC(=Nc1ccccc1)c1ccccc1. The molecule has 0 spiro atoms. The molecule has 0 saturated heterocycles. The molecular weight excluding hydrogens is 226 g/mol. The highest BCUT2D eigenvalue weighted by molar-refractivity contribution is 8.14. The molecule has 0 aromatic heterocycles. The van der Waals surface area contributed by atoms with Crippen LogP contribution in [0.15, 0.2) is 65.7 Å². The molecule has 1 nitrogen and oxygen atoms in total. The molecule has 2 aromatic carbocycles.